The van der Waals surface area contributed by atoms with Gasteiger partial charge in [0.15, 0.2) is 0 Å². The molecule has 1 amide bonds. The number of aryl methyl sites for hydroxylation is 1. The van der Waals surface area contributed by atoms with Crippen molar-refractivity contribution >= 4 is 11.6 Å². The van der Waals surface area contributed by atoms with Crippen molar-refractivity contribution in [3.8, 4) is 0 Å². The largest absolute Gasteiger partial charge is 0.338 e. The maximum atomic E-state index is 14.3. The highest BCUT2D eigenvalue weighted by molar-refractivity contribution is 6.15. The number of hydrogen-bond donors (Lipinski definition) is 0. The Balaban J connectivity index is 1.13. The zero-order chi connectivity index (χ0) is 23.9. The molecule has 4 aliphatic rings. The van der Waals surface area contributed by atoms with Crippen LogP contribution in [0.4, 0.5) is 4.39 Å². The number of amides is 1. The third-order valence-corrected chi connectivity index (χ3v) is 8.55. The predicted molar refractivity (Wildman–Crippen MR) is 135 cm³/mol. The number of benzene rings is 1. The van der Waals surface area contributed by atoms with Gasteiger partial charge in [-0.3, -0.25) is 19.7 Å². The molecule has 1 aromatic carbocycles. The molecule has 5 nitrogen and oxygen atoms in total. The summed E-state index contributed by atoms with van der Waals surface area (Å²) in [7, 11) is 0. The van der Waals surface area contributed by atoms with E-state index in [0.717, 1.165) is 67.7 Å². The normalized spacial score (nSPS) is 26.2. The van der Waals surface area contributed by atoms with Crippen molar-refractivity contribution in [2.24, 2.45) is 10.9 Å². The quantitative estimate of drug-likeness (QED) is 0.634. The zero-order valence-electron chi connectivity index (χ0n) is 20.4. The summed E-state index contributed by atoms with van der Waals surface area (Å²) in [5, 5.41) is 0. The van der Waals surface area contributed by atoms with Crippen molar-refractivity contribution < 1.29 is 9.18 Å². The van der Waals surface area contributed by atoms with Crippen molar-refractivity contribution in [3.05, 3.63) is 76.4 Å². The Bertz CT molecular complexity index is 1200. The molecule has 0 radical (unpaired) electrons. The summed E-state index contributed by atoms with van der Waals surface area (Å²) in [6.07, 6.45) is 7.82. The van der Waals surface area contributed by atoms with Gasteiger partial charge in [0.1, 0.15) is 5.82 Å². The number of fused-ring (bicyclic) bond motifs is 2. The molecular formula is C29H33FN4O. The molecule has 6 rings (SSSR count). The third-order valence-electron chi connectivity index (χ3n) is 8.55. The minimum Gasteiger partial charge on any atom is -0.338 e. The summed E-state index contributed by atoms with van der Waals surface area (Å²) >= 11 is 0. The smallest absolute Gasteiger partial charge is 0.223 e. The molecule has 0 aliphatic carbocycles. The highest BCUT2D eigenvalue weighted by Crippen LogP contribution is 2.42. The highest BCUT2D eigenvalue weighted by Gasteiger charge is 2.43. The first-order chi connectivity index (χ1) is 17.1. The van der Waals surface area contributed by atoms with Crippen molar-refractivity contribution in [2.75, 3.05) is 19.6 Å². The Hall–Kier alpha value is -2.86. The molecule has 0 unspecified atom stereocenters. The highest BCUT2D eigenvalue weighted by atomic mass is 19.1. The Morgan fingerprint density at radius 1 is 1.14 bits per heavy atom. The number of aromatic nitrogens is 1. The first-order valence-electron chi connectivity index (χ1n) is 13.0. The van der Waals surface area contributed by atoms with Crippen LogP contribution in [-0.2, 0) is 11.3 Å². The van der Waals surface area contributed by atoms with Crippen molar-refractivity contribution in [3.63, 3.8) is 0 Å². The lowest BCUT2D eigenvalue weighted by Gasteiger charge is -2.41. The number of halogens is 1. The van der Waals surface area contributed by atoms with Crippen molar-refractivity contribution in [2.45, 2.75) is 64.1 Å². The Labute approximate surface area is 206 Å². The van der Waals surface area contributed by atoms with E-state index < -0.39 is 0 Å². The van der Waals surface area contributed by atoms with E-state index in [1.54, 1.807) is 12.1 Å². The van der Waals surface area contributed by atoms with Gasteiger partial charge in [-0.05, 0) is 74.3 Å². The van der Waals surface area contributed by atoms with Crippen molar-refractivity contribution in [1.29, 1.82) is 0 Å². The molecule has 0 N–H and O–H groups in total. The van der Waals surface area contributed by atoms with Gasteiger partial charge in [0, 0.05) is 61.2 Å². The number of aliphatic imine (C=N–C) groups is 1. The van der Waals surface area contributed by atoms with Crippen LogP contribution in [0.2, 0.25) is 0 Å². The Morgan fingerprint density at radius 3 is 2.86 bits per heavy atom. The summed E-state index contributed by atoms with van der Waals surface area (Å²) in [6, 6.07) is 12.1. The molecule has 2 bridgehead atoms. The molecule has 0 saturated carbocycles. The van der Waals surface area contributed by atoms with Gasteiger partial charge in [-0.2, -0.15) is 0 Å². The SMILES string of the molecule is Cc1cc(C2=NCC3=C2CN(C(=O)C[C@H]2CC[C@H]4CC[C@@H]2N4Cc2ccccc2F)CC3)ccn1. The zero-order valence-corrected chi connectivity index (χ0v) is 20.4. The lowest BCUT2D eigenvalue weighted by Crippen LogP contribution is -2.46. The molecule has 2 fully saturated rings. The predicted octanol–water partition coefficient (Wildman–Crippen LogP) is 4.69. The fourth-order valence-electron chi connectivity index (χ4n) is 6.70. The monoisotopic (exact) mass is 472 g/mol. The molecule has 1 aromatic heterocycles. The fraction of sp³-hybridized carbons (Fsp3) is 0.483. The van der Waals surface area contributed by atoms with Crippen LogP contribution in [0.1, 0.15) is 55.3 Å². The van der Waals surface area contributed by atoms with Gasteiger partial charge in [-0.1, -0.05) is 18.2 Å². The summed E-state index contributed by atoms with van der Waals surface area (Å²) < 4.78 is 14.3. The molecule has 5 heterocycles. The number of carbonyl (C=O) groups is 1. The van der Waals surface area contributed by atoms with E-state index in [-0.39, 0.29) is 11.7 Å². The van der Waals surface area contributed by atoms with E-state index in [4.69, 9.17) is 4.99 Å². The first kappa shape index (κ1) is 22.6. The summed E-state index contributed by atoms with van der Waals surface area (Å²) in [6.45, 7) is 4.85. The van der Waals surface area contributed by atoms with Crippen molar-refractivity contribution in [1.82, 2.24) is 14.8 Å². The number of nitrogens with zero attached hydrogens (tertiary/aromatic N) is 4. The Kier molecular flexibility index (Phi) is 6.01. The van der Waals surface area contributed by atoms with Crippen LogP contribution in [0.15, 0.2) is 58.7 Å². The molecule has 4 aliphatic heterocycles. The molecule has 182 valence electrons. The van der Waals surface area contributed by atoms with Crippen LogP contribution in [-0.4, -0.2) is 58.1 Å². The lowest BCUT2D eigenvalue weighted by atomic mass is 9.86. The fourth-order valence-corrected chi connectivity index (χ4v) is 6.70. The topological polar surface area (TPSA) is 48.8 Å². The van der Waals surface area contributed by atoms with Gasteiger partial charge in [0.2, 0.25) is 5.91 Å². The molecule has 35 heavy (non-hydrogen) atoms. The summed E-state index contributed by atoms with van der Waals surface area (Å²) in [5.41, 5.74) is 6.51. The van der Waals surface area contributed by atoms with E-state index >= 15 is 0 Å². The van der Waals surface area contributed by atoms with Gasteiger partial charge in [0.25, 0.3) is 0 Å². The van der Waals surface area contributed by atoms with Crippen LogP contribution < -0.4 is 0 Å². The second-order valence-corrected chi connectivity index (χ2v) is 10.6. The number of piperidine rings is 1. The van der Waals surface area contributed by atoms with Gasteiger partial charge >= 0.3 is 0 Å². The molecule has 2 aromatic rings. The summed E-state index contributed by atoms with van der Waals surface area (Å²) in [4.78, 5) is 27.2. The van der Waals surface area contributed by atoms with Crippen LogP contribution in [0.25, 0.3) is 0 Å². The van der Waals surface area contributed by atoms with E-state index in [2.05, 4.69) is 20.9 Å². The molecule has 2 saturated heterocycles. The maximum absolute atomic E-state index is 14.3. The number of carbonyl (C=O) groups excluding carboxylic acids is 1. The molecule has 3 atom stereocenters. The average Bonchev–Trinajstić information content (AvgIpc) is 3.40. The minimum atomic E-state index is -0.124. The summed E-state index contributed by atoms with van der Waals surface area (Å²) in [5.74, 6) is 0.485. The van der Waals surface area contributed by atoms with Crippen LogP contribution in [0.5, 0.6) is 0 Å². The van der Waals surface area contributed by atoms with E-state index in [9.17, 15) is 9.18 Å². The van der Waals surface area contributed by atoms with Gasteiger partial charge in [-0.25, -0.2) is 4.39 Å². The van der Waals surface area contributed by atoms with E-state index in [0.29, 0.717) is 37.5 Å². The number of hydrogen-bond acceptors (Lipinski definition) is 4. The lowest BCUT2D eigenvalue weighted by molar-refractivity contribution is -0.133. The second kappa shape index (κ2) is 9.30. The molecule has 6 heteroatoms. The maximum Gasteiger partial charge on any atom is 0.223 e. The molecular weight excluding hydrogens is 439 g/mol. The second-order valence-electron chi connectivity index (χ2n) is 10.6. The molecule has 0 spiro atoms. The van der Waals surface area contributed by atoms with Gasteiger partial charge in [0.05, 0.1) is 12.3 Å². The van der Waals surface area contributed by atoms with Gasteiger partial charge in [-0.15, -0.1) is 0 Å². The van der Waals surface area contributed by atoms with Gasteiger partial charge < -0.3 is 4.90 Å². The van der Waals surface area contributed by atoms with Crippen LogP contribution in [0, 0.1) is 18.7 Å². The van der Waals surface area contributed by atoms with E-state index in [1.807, 2.05) is 31.3 Å². The standard InChI is InChI=1S/C29H33FN4O/c1-19-14-21(10-12-31-19)29-25-18-33(13-11-22(25)16-32-29)28(35)15-20-6-7-24-8-9-27(20)34(24)17-23-4-2-3-5-26(23)30/h2-5,10,12,14,20,24,27H,6-9,11,13,15-18H2,1H3/t20-,24+,27+/m1/s1. The van der Waals surface area contributed by atoms with E-state index in [1.165, 1.54) is 11.1 Å². The Morgan fingerprint density at radius 2 is 2.00 bits per heavy atom. The average molecular weight is 473 g/mol. The van der Waals surface area contributed by atoms with Crippen LogP contribution in [0.3, 0.4) is 0 Å². The third kappa shape index (κ3) is 4.33. The van der Waals surface area contributed by atoms with Crippen LogP contribution >= 0.6 is 0 Å². The number of rotatable bonds is 5. The first-order valence-corrected chi connectivity index (χ1v) is 13.0. The minimum absolute atomic E-state index is 0.124. The number of pyridine rings is 1.